The second-order valence-electron chi connectivity index (χ2n) is 3.68. The number of ketones is 2. The molecular weight excluding hydrogens is 180 g/mol. The summed E-state index contributed by atoms with van der Waals surface area (Å²) < 4.78 is 1.50. The van der Waals surface area contributed by atoms with Gasteiger partial charge in [0.2, 0.25) is 0 Å². The molecule has 1 saturated carbocycles. The second kappa shape index (κ2) is 3.36. The van der Waals surface area contributed by atoms with Gasteiger partial charge in [-0.25, -0.2) is 0 Å². The van der Waals surface area contributed by atoms with Crippen LogP contribution in [0.1, 0.15) is 29.8 Å². The first-order valence-electron chi connectivity index (χ1n) is 4.72. The predicted molar refractivity (Wildman–Crippen MR) is 49.9 cm³/mol. The fourth-order valence-electron chi connectivity index (χ4n) is 1.45. The molecule has 74 valence electrons. The molecule has 4 nitrogen and oxygen atoms in total. The molecule has 0 amide bonds. The summed E-state index contributed by atoms with van der Waals surface area (Å²) in [5.74, 6) is 0.116. The van der Waals surface area contributed by atoms with Crippen LogP contribution in [0.25, 0.3) is 0 Å². The lowest BCUT2D eigenvalue weighted by molar-refractivity contribution is -0.119. The number of nitrogens with zero attached hydrogens (tertiary/aromatic N) is 2. The Bertz CT molecular complexity index is 377. The van der Waals surface area contributed by atoms with Gasteiger partial charge in [-0.2, -0.15) is 5.10 Å². The summed E-state index contributed by atoms with van der Waals surface area (Å²) in [4.78, 5) is 23.0. The molecule has 0 atom stereocenters. The predicted octanol–water partition coefficient (Wildman–Crippen LogP) is 0.972. The Hall–Kier alpha value is -1.45. The molecular formula is C10H12N2O2. The molecule has 0 saturated heterocycles. The molecule has 0 spiro atoms. The molecule has 1 aromatic heterocycles. The first-order valence-corrected chi connectivity index (χ1v) is 4.72. The summed E-state index contributed by atoms with van der Waals surface area (Å²) in [6, 6.07) is 1.64. The van der Waals surface area contributed by atoms with E-state index < -0.39 is 0 Å². The van der Waals surface area contributed by atoms with E-state index in [1.807, 2.05) is 0 Å². The van der Waals surface area contributed by atoms with Gasteiger partial charge in [0, 0.05) is 19.2 Å². The number of Topliss-reactive ketones (excluding diaryl/α,β-unsaturated/α-hetero) is 2. The largest absolute Gasteiger partial charge is 0.299 e. The Kier molecular flexibility index (Phi) is 2.19. The summed E-state index contributed by atoms with van der Waals surface area (Å²) in [6.07, 6.45) is 3.51. The van der Waals surface area contributed by atoms with Crippen LogP contribution in [0.3, 0.4) is 0 Å². The molecule has 0 aliphatic heterocycles. The van der Waals surface area contributed by atoms with Crippen LogP contribution in [0.15, 0.2) is 12.3 Å². The molecule has 0 unspecified atom stereocenters. The van der Waals surface area contributed by atoms with E-state index in [-0.39, 0.29) is 23.9 Å². The van der Waals surface area contributed by atoms with Gasteiger partial charge in [0.15, 0.2) is 5.78 Å². The monoisotopic (exact) mass is 192 g/mol. The van der Waals surface area contributed by atoms with Crippen LogP contribution in [-0.2, 0) is 11.8 Å². The third-order valence-electron chi connectivity index (χ3n) is 2.47. The lowest BCUT2D eigenvalue weighted by Gasteiger charge is -1.99. The van der Waals surface area contributed by atoms with Gasteiger partial charge in [0.25, 0.3) is 0 Å². The molecule has 1 aliphatic carbocycles. The Morgan fingerprint density at radius 3 is 2.79 bits per heavy atom. The van der Waals surface area contributed by atoms with Crippen molar-refractivity contribution in [1.29, 1.82) is 0 Å². The first kappa shape index (κ1) is 9.12. The smallest absolute Gasteiger partial charge is 0.188 e. The minimum atomic E-state index is -0.123. The van der Waals surface area contributed by atoms with E-state index in [0.717, 1.165) is 12.8 Å². The van der Waals surface area contributed by atoms with E-state index in [2.05, 4.69) is 5.10 Å². The highest BCUT2D eigenvalue weighted by molar-refractivity contribution is 6.08. The number of carbonyl (C=O) groups excluding carboxylic acids is 2. The molecule has 1 fully saturated rings. The SMILES string of the molecule is Cn1nccc1C(=O)CC(=O)C1CC1. The second-order valence-corrected chi connectivity index (χ2v) is 3.68. The average molecular weight is 192 g/mol. The molecule has 0 bridgehead atoms. The topological polar surface area (TPSA) is 52.0 Å². The summed E-state index contributed by atoms with van der Waals surface area (Å²) in [7, 11) is 1.70. The Morgan fingerprint density at radius 2 is 2.29 bits per heavy atom. The van der Waals surface area contributed by atoms with Crippen molar-refractivity contribution in [3.05, 3.63) is 18.0 Å². The number of hydrogen-bond donors (Lipinski definition) is 0. The Morgan fingerprint density at radius 1 is 1.57 bits per heavy atom. The van der Waals surface area contributed by atoms with Crippen LogP contribution in [0, 0.1) is 5.92 Å². The van der Waals surface area contributed by atoms with Crippen LogP contribution < -0.4 is 0 Å². The van der Waals surface area contributed by atoms with Gasteiger partial charge in [-0.1, -0.05) is 0 Å². The van der Waals surface area contributed by atoms with Gasteiger partial charge in [0.1, 0.15) is 11.5 Å². The summed E-state index contributed by atoms with van der Waals surface area (Å²) in [5.41, 5.74) is 0.513. The highest BCUT2D eigenvalue weighted by Crippen LogP contribution is 2.31. The lowest BCUT2D eigenvalue weighted by Crippen LogP contribution is -2.13. The van der Waals surface area contributed by atoms with Crippen LogP contribution in [0.2, 0.25) is 0 Å². The normalized spacial score (nSPS) is 15.5. The maximum atomic E-state index is 11.6. The molecule has 0 aromatic carbocycles. The fourth-order valence-corrected chi connectivity index (χ4v) is 1.45. The minimum absolute atomic E-state index is 0.0319. The van der Waals surface area contributed by atoms with Crippen molar-refractivity contribution in [2.75, 3.05) is 0 Å². The summed E-state index contributed by atoms with van der Waals surface area (Å²) in [5, 5.41) is 3.89. The van der Waals surface area contributed by atoms with Gasteiger partial charge in [-0.3, -0.25) is 14.3 Å². The van der Waals surface area contributed by atoms with Crippen LogP contribution in [0.5, 0.6) is 0 Å². The summed E-state index contributed by atoms with van der Waals surface area (Å²) in [6.45, 7) is 0. The third kappa shape index (κ3) is 1.73. The highest BCUT2D eigenvalue weighted by atomic mass is 16.1. The molecule has 1 aliphatic rings. The minimum Gasteiger partial charge on any atom is -0.299 e. The van der Waals surface area contributed by atoms with E-state index in [1.165, 1.54) is 4.68 Å². The molecule has 1 aromatic rings. The van der Waals surface area contributed by atoms with Crippen molar-refractivity contribution < 1.29 is 9.59 Å². The van der Waals surface area contributed by atoms with Crippen molar-refractivity contribution in [3.8, 4) is 0 Å². The molecule has 1 heterocycles. The van der Waals surface area contributed by atoms with E-state index in [1.54, 1.807) is 19.3 Å². The zero-order valence-electron chi connectivity index (χ0n) is 8.06. The van der Waals surface area contributed by atoms with E-state index in [0.29, 0.717) is 5.69 Å². The van der Waals surface area contributed by atoms with Crippen LogP contribution in [0.4, 0.5) is 0 Å². The zero-order chi connectivity index (χ0) is 10.1. The fraction of sp³-hybridized carbons (Fsp3) is 0.500. The molecule has 4 heteroatoms. The van der Waals surface area contributed by atoms with E-state index >= 15 is 0 Å². The van der Waals surface area contributed by atoms with Crippen molar-refractivity contribution in [2.45, 2.75) is 19.3 Å². The Labute approximate surface area is 81.9 Å². The highest BCUT2D eigenvalue weighted by Gasteiger charge is 2.31. The maximum Gasteiger partial charge on any atom is 0.188 e. The molecule has 0 N–H and O–H groups in total. The number of carbonyl (C=O) groups is 2. The molecule has 14 heavy (non-hydrogen) atoms. The number of hydrogen-bond acceptors (Lipinski definition) is 3. The van der Waals surface area contributed by atoms with Crippen molar-refractivity contribution in [1.82, 2.24) is 9.78 Å². The van der Waals surface area contributed by atoms with Crippen molar-refractivity contribution in [3.63, 3.8) is 0 Å². The van der Waals surface area contributed by atoms with Gasteiger partial charge in [-0.05, 0) is 18.9 Å². The quantitative estimate of drug-likeness (QED) is 0.527. The number of rotatable bonds is 4. The van der Waals surface area contributed by atoms with Gasteiger partial charge < -0.3 is 0 Å². The molecule has 2 rings (SSSR count). The van der Waals surface area contributed by atoms with Gasteiger partial charge in [-0.15, -0.1) is 0 Å². The van der Waals surface area contributed by atoms with E-state index in [4.69, 9.17) is 0 Å². The Balaban J connectivity index is 2.02. The summed E-state index contributed by atoms with van der Waals surface area (Å²) >= 11 is 0. The van der Waals surface area contributed by atoms with Crippen molar-refractivity contribution >= 4 is 11.6 Å². The number of aryl methyl sites for hydroxylation is 1. The van der Waals surface area contributed by atoms with E-state index in [9.17, 15) is 9.59 Å². The van der Waals surface area contributed by atoms with Gasteiger partial charge >= 0.3 is 0 Å². The average Bonchev–Trinajstić information content (AvgIpc) is 2.89. The number of aromatic nitrogens is 2. The maximum absolute atomic E-state index is 11.6. The standard InChI is InChI=1S/C10H12N2O2/c1-12-8(4-5-11-12)10(14)6-9(13)7-2-3-7/h4-5,7H,2-3,6H2,1H3. The third-order valence-corrected chi connectivity index (χ3v) is 2.47. The van der Waals surface area contributed by atoms with Gasteiger partial charge in [0.05, 0.1) is 6.42 Å². The lowest BCUT2D eigenvalue weighted by atomic mass is 10.1. The molecule has 0 radical (unpaired) electrons. The van der Waals surface area contributed by atoms with Crippen LogP contribution >= 0.6 is 0 Å². The van der Waals surface area contributed by atoms with Crippen molar-refractivity contribution in [2.24, 2.45) is 13.0 Å². The van der Waals surface area contributed by atoms with Crippen LogP contribution in [-0.4, -0.2) is 21.3 Å². The zero-order valence-corrected chi connectivity index (χ0v) is 8.06. The first-order chi connectivity index (χ1) is 6.68.